The number of fused-ring (bicyclic) bond motifs is 3. The number of likely N-dealkylation sites (N-methyl/N-ethyl adjacent to an activating group) is 1. The average Bonchev–Trinajstić information content (AvgIpc) is 3.81. The zero-order valence-electron chi connectivity index (χ0n) is 44.3. The summed E-state index contributed by atoms with van der Waals surface area (Å²) < 4.78 is 32.0. The van der Waals surface area contributed by atoms with Crippen LogP contribution in [-0.4, -0.2) is 101 Å². The number of aliphatic hydroxyl groups excluding tert-OH is 1. The summed E-state index contributed by atoms with van der Waals surface area (Å²) in [5.41, 5.74) is 3.78. The van der Waals surface area contributed by atoms with Gasteiger partial charge in [-0.1, -0.05) is 107 Å². The number of rotatable bonds is 21. The second-order valence-corrected chi connectivity index (χ2v) is 23.2. The maximum Gasteiger partial charge on any atom is 0.338 e. The molecule has 2 heterocycles. The zero-order chi connectivity index (χ0) is 51.1. The van der Waals surface area contributed by atoms with Crippen LogP contribution in [0.1, 0.15) is 180 Å². The number of amides is 2. The molecule has 0 radical (unpaired) electrons. The minimum absolute atomic E-state index is 0.00538. The van der Waals surface area contributed by atoms with Crippen molar-refractivity contribution in [1.82, 2.24) is 10.2 Å². The second-order valence-electron chi connectivity index (χ2n) is 23.2. The third-order valence-electron chi connectivity index (χ3n) is 16.0. The standard InChI is InChI=1S/C59H84N2O10/c1-10-12-17-30-59(31-18-13-11-2)68-49-36-43(54(65)61(9)47(34-39-19-15-14-16-20-39)53(64)60-44(38-62)26-28-51(63)70-56(3,4)5)35-48(52(49)71-59)67-55(66)41-23-21-40(22-24-41)33-42-25-27-50-58(8,69-50)32-29-46-45(42)37-57(46,6)7/h14-16,19-24,33,36,44-50,52,62H,10-13,17-18,25-32,34-35,37-38H2,1-9H3,(H,60,64). The van der Waals surface area contributed by atoms with Gasteiger partial charge in [-0.05, 0) is 126 Å². The van der Waals surface area contributed by atoms with Crippen LogP contribution in [0.5, 0.6) is 0 Å². The van der Waals surface area contributed by atoms with Gasteiger partial charge in [-0.25, -0.2) is 4.79 Å². The minimum atomic E-state index is -0.993. The monoisotopic (exact) mass is 981 g/mol. The first-order valence-corrected chi connectivity index (χ1v) is 27.0. The Morgan fingerprint density at radius 2 is 1.61 bits per heavy atom. The van der Waals surface area contributed by atoms with Gasteiger partial charge in [-0.3, -0.25) is 14.4 Å². The van der Waals surface area contributed by atoms with Crippen molar-refractivity contribution >= 4 is 29.8 Å². The smallest absolute Gasteiger partial charge is 0.338 e. The van der Waals surface area contributed by atoms with E-state index in [2.05, 4.69) is 46.0 Å². The van der Waals surface area contributed by atoms with Gasteiger partial charge in [0.15, 0.2) is 5.79 Å². The van der Waals surface area contributed by atoms with E-state index in [1.165, 1.54) is 23.3 Å². The molecule has 2 saturated carbocycles. The number of allylic oxidation sites excluding steroid dienone is 1. The van der Waals surface area contributed by atoms with Gasteiger partial charge < -0.3 is 39.0 Å². The summed E-state index contributed by atoms with van der Waals surface area (Å²) in [6, 6.07) is 15.3. The van der Waals surface area contributed by atoms with E-state index in [9.17, 15) is 24.3 Å². The van der Waals surface area contributed by atoms with Crippen LogP contribution in [0.25, 0.3) is 6.08 Å². The van der Waals surface area contributed by atoms with Gasteiger partial charge in [0.05, 0.1) is 29.9 Å². The number of hydrogen-bond acceptors (Lipinski definition) is 10. The molecule has 2 amide bonds. The zero-order valence-corrected chi connectivity index (χ0v) is 44.3. The topological polar surface area (TPSA) is 153 Å². The number of epoxide rings is 1. The van der Waals surface area contributed by atoms with Crippen LogP contribution < -0.4 is 5.32 Å². The molecule has 71 heavy (non-hydrogen) atoms. The Bertz CT molecular complexity index is 2200. The van der Waals surface area contributed by atoms with Crippen molar-refractivity contribution in [1.29, 1.82) is 0 Å². The summed E-state index contributed by atoms with van der Waals surface area (Å²) in [4.78, 5) is 57.5. The third-order valence-corrected chi connectivity index (χ3v) is 16.0. The van der Waals surface area contributed by atoms with Crippen LogP contribution in [0.2, 0.25) is 0 Å². The lowest BCUT2D eigenvalue weighted by atomic mass is 9.52. The molecule has 2 aromatic carbocycles. The number of aliphatic hydroxyl groups is 1. The summed E-state index contributed by atoms with van der Waals surface area (Å²) in [5, 5.41) is 13.2. The number of unbranched alkanes of at least 4 members (excludes halogenated alkanes) is 4. The number of ether oxygens (including phenoxy) is 5. The SMILES string of the molecule is CCCCCC1(CCCCC)OC2C=C(C(=O)N(C)C(Cc3ccccc3)C(=O)NC(CO)CCC(=O)OC(C)(C)C)CC(OC(=O)c3ccc(C=C4CCC5OC5(C)CCC5C4CC5(C)C)cc3)C2O1. The first kappa shape index (κ1) is 54.4. The quantitative estimate of drug-likeness (QED) is 0.0702. The predicted molar refractivity (Wildman–Crippen MR) is 275 cm³/mol. The van der Waals surface area contributed by atoms with E-state index >= 15 is 0 Å². The number of carbonyl (C=O) groups is 4. The molecule has 3 aliphatic carbocycles. The summed E-state index contributed by atoms with van der Waals surface area (Å²) in [6.07, 6.45) is 15.5. The Hall–Kier alpha value is -4.36. The van der Waals surface area contributed by atoms with Gasteiger partial charge in [0.2, 0.25) is 11.8 Å². The molecule has 7 rings (SSSR count). The minimum Gasteiger partial charge on any atom is -0.460 e. The summed E-state index contributed by atoms with van der Waals surface area (Å²) in [7, 11) is 1.60. The van der Waals surface area contributed by atoms with Gasteiger partial charge >= 0.3 is 11.9 Å². The van der Waals surface area contributed by atoms with Crippen molar-refractivity contribution in [2.45, 2.75) is 218 Å². The number of carbonyl (C=O) groups excluding carboxylic acids is 4. The van der Waals surface area contributed by atoms with E-state index in [4.69, 9.17) is 23.7 Å². The van der Waals surface area contributed by atoms with Gasteiger partial charge in [0.1, 0.15) is 30.0 Å². The molecule has 2 N–H and O–H groups in total. The molecule has 2 saturated heterocycles. The first-order chi connectivity index (χ1) is 33.8. The van der Waals surface area contributed by atoms with Crippen LogP contribution in [0.4, 0.5) is 0 Å². The van der Waals surface area contributed by atoms with Gasteiger partial charge in [0, 0.05) is 44.7 Å². The Balaban J connectivity index is 1.12. The molecule has 2 aliphatic heterocycles. The van der Waals surface area contributed by atoms with Gasteiger partial charge in [-0.2, -0.15) is 0 Å². The highest BCUT2D eigenvalue weighted by Crippen LogP contribution is 2.60. The van der Waals surface area contributed by atoms with Crippen molar-refractivity contribution in [3.05, 3.63) is 88.5 Å². The van der Waals surface area contributed by atoms with Crippen molar-refractivity contribution in [2.24, 2.45) is 17.3 Å². The Labute approximate surface area is 424 Å². The van der Waals surface area contributed by atoms with Crippen molar-refractivity contribution < 1.29 is 48.0 Å². The second kappa shape index (κ2) is 23.2. The first-order valence-electron chi connectivity index (χ1n) is 27.0. The Kier molecular flexibility index (Phi) is 17.8. The third kappa shape index (κ3) is 13.8. The number of esters is 2. The maximum atomic E-state index is 14.9. The molecule has 0 bridgehead atoms. The highest BCUT2D eigenvalue weighted by atomic mass is 16.8. The summed E-state index contributed by atoms with van der Waals surface area (Å²) >= 11 is 0. The van der Waals surface area contributed by atoms with Crippen molar-refractivity contribution in [2.75, 3.05) is 13.7 Å². The van der Waals surface area contributed by atoms with Crippen molar-refractivity contribution in [3.63, 3.8) is 0 Å². The van der Waals surface area contributed by atoms with E-state index < -0.39 is 72.1 Å². The molecule has 0 aromatic heterocycles. The van der Waals surface area contributed by atoms with Crippen LogP contribution in [-0.2, 0) is 44.5 Å². The lowest BCUT2D eigenvalue weighted by Gasteiger charge is -2.53. The normalized spacial score (nSPS) is 27.7. The van der Waals surface area contributed by atoms with Crippen LogP contribution >= 0.6 is 0 Å². The molecule has 0 spiro atoms. The lowest BCUT2D eigenvalue weighted by Crippen LogP contribution is -2.53. The van der Waals surface area contributed by atoms with E-state index in [1.54, 1.807) is 27.8 Å². The van der Waals surface area contributed by atoms with E-state index in [0.717, 1.165) is 68.9 Å². The van der Waals surface area contributed by atoms with E-state index in [1.807, 2.05) is 60.7 Å². The number of nitrogens with zero attached hydrogens (tertiary/aromatic N) is 1. The highest BCUT2D eigenvalue weighted by Gasteiger charge is 2.56. The molecule has 9 unspecified atom stereocenters. The highest BCUT2D eigenvalue weighted by molar-refractivity contribution is 5.97. The fourth-order valence-electron chi connectivity index (χ4n) is 11.7. The fraction of sp³-hybridized carbons (Fsp3) is 0.661. The predicted octanol–water partition coefficient (Wildman–Crippen LogP) is 10.6. The van der Waals surface area contributed by atoms with Gasteiger partial charge in [-0.15, -0.1) is 0 Å². The van der Waals surface area contributed by atoms with Gasteiger partial charge in [0.25, 0.3) is 0 Å². The number of benzene rings is 2. The fourth-order valence-corrected chi connectivity index (χ4v) is 11.7. The average molecular weight is 981 g/mol. The molecule has 390 valence electrons. The molecule has 2 aromatic rings. The van der Waals surface area contributed by atoms with Crippen LogP contribution in [0.3, 0.4) is 0 Å². The van der Waals surface area contributed by atoms with Crippen LogP contribution in [0, 0.1) is 17.3 Å². The largest absolute Gasteiger partial charge is 0.460 e. The molecule has 12 nitrogen and oxygen atoms in total. The number of nitrogens with one attached hydrogen (secondary N) is 1. The molecular formula is C59H84N2O10. The Morgan fingerprint density at radius 3 is 2.24 bits per heavy atom. The van der Waals surface area contributed by atoms with Crippen LogP contribution in [0.15, 0.2) is 71.8 Å². The molecule has 5 aliphatic rings. The van der Waals surface area contributed by atoms with E-state index in [0.29, 0.717) is 47.3 Å². The van der Waals surface area contributed by atoms with E-state index in [-0.39, 0.29) is 31.3 Å². The molecular weight excluding hydrogens is 897 g/mol. The molecule has 4 fully saturated rings. The van der Waals surface area contributed by atoms with Crippen molar-refractivity contribution in [3.8, 4) is 0 Å². The molecule has 9 atom stereocenters. The number of hydrogen-bond donors (Lipinski definition) is 2. The summed E-state index contributed by atoms with van der Waals surface area (Å²) in [5.74, 6) is -1.55. The summed E-state index contributed by atoms with van der Waals surface area (Å²) in [6.45, 7) is 16.3. The Morgan fingerprint density at radius 1 is 0.915 bits per heavy atom. The lowest BCUT2D eigenvalue weighted by molar-refractivity contribution is -0.190. The maximum absolute atomic E-state index is 14.9. The molecule has 12 heteroatoms.